The van der Waals surface area contributed by atoms with Gasteiger partial charge in [0.25, 0.3) is 0 Å². The van der Waals surface area contributed by atoms with E-state index in [-0.39, 0.29) is 12.7 Å². The van der Waals surface area contributed by atoms with Crippen molar-refractivity contribution >= 4 is 0 Å². The Hall–Kier alpha value is -0.150. The fourth-order valence-corrected chi connectivity index (χ4v) is 0.719. The van der Waals surface area contributed by atoms with E-state index in [9.17, 15) is 4.39 Å². The van der Waals surface area contributed by atoms with Gasteiger partial charge < -0.3 is 10.1 Å². The lowest BCUT2D eigenvalue weighted by atomic mass is 10.3. The van der Waals surface area contributed by atoms with Crippen LogP contribution < -0.4 is 5.32 Å². The van der Waals surface area contributed by atoms with Crippen LogP contribution in [0.25, 0.3) is 0 Å². The van der Waals surface area contributed by atoms with Crippen molar-refractivity contribution in [3.8, 4) is 0 Å². The molecule has 0 unspecified atom stereocenters. The first-order chi connectivity index (χ1) is 3.93. The van der Waals surface area contributed by atoms with Crippen LogP contribution in [0.5, 0.6) is 0 Å². The average molecular weight is 119 g/mol. The quantitative estimate of drug-likeness (QED) is 0.522. The maximum absolute atomic E-state index is 11.7. The standard InChI is InChI=1S/C5H10FNO/c6-3-5-4-8-2-1-7-5/h5,7H,1-4H2/t5-/m0/s1. The molecule has 0 aromatic rings. The largest absolute Gasteiger partial charge is 0.378 e. The van der Waals surface area contributed by atoms with Crippen molar-refractivity contribution < 1.29 is 9.13 Å². The second-order valence-corrected chi connectivity index (χ2v) is 1.88. The highest BCUT2D eigenvalue weighted by atomic mass is 19.1. The number of morpholine rings is 1. The minimum absolute atomic E-state index is 0.0521. The lowest BCUT2D eigenvalue weighted by Crippen LogP contribution is -2.42. The average Bonchev–Trinajstić information content (AvgIpc) is 1.90. The number of hydrogen-bond acceptors (Lipinski definition) is 2. The number of hydrogen-bond donors (Lipinski definition) is 1. The lowest BCUT2D eigenvalue weighted by molar-refractivity contribution is 0.0684. The number of alkyl halides is 1. The Bertz CT molecular complexity index is 63.4. The lowest BCUT2D eigenvalue weighted by Gasteiger charge is -2.20. The molecule has 0 amide bonds. The summed E-state index contributed by atoms with van der Waals surface area (Å²) in [5, 5.41) is 2.97. The highest BCUT2D eigenvalue weighted by molar-refractivity contribution is 4.67. The third-order valence-corrected chi connectivity index (χ3v) is 1.18. The van der Waals surface area contributed by atoms with Gasteiger partial charge >= 0.3 is 0 Å². The van der Waals surface area contributed by atoms with Crippen molar-refractivity contribution in [3.05, 3.63) is 0 Å². The van der Waals surface area contributed by atoms with Crippen LogP contribution in [0.3, 0.4) is 0 Å². The molecule has 2 nitrogen and oxygen atoms in total. The smallest absolute Gasteiger partial charge is 0.107 e. The third kappa shape index (κ3) is 1.42. The first-order valence-corrected chi connectivity index (χ1v) is 2.80. The van der Waals surface area contributed by atoms with Crippen LogP contribution in [0, 0.1) is 0 Å². The summed E-state index contributed by atoms with van der Waals surface area (Å²) in [4.78, 5) is 0. The second-order valence-electron chi connectivity index (χ2n) is 1.88. The molecule has 0 aliphatic carbocycles. The van der Waals surface area contributed by atoms with Crippen molar-refractivity contribution in [3.63, 3.8) is 0 Å². The Morgan fingerprint density at radius 3 is 3.00 bits per heavy atom. The fraction of sp³-hybridized carbons (Fsp3) is 1.00. The summed E-state index contributed by atoms with van der Waals surface area (Å²) >= 11 is 0. The molecule has 0 bridgehead atoms. The molecule has 3 heteroatoms. The van der Waals surface area contributed by atoms with E-state index in [1.54, 1.807) is 0 Å². The molecule has 1 N–H and O–H groups in total. The number of rotatable bonds is 1. The highest BCUT2D eigenvalue weighted by Crippen LogP contribution is 1.91. The summed E-state index contributed by atoms with van der Waals surface area (Å²) in [5.41, 5.74) is 0. The molecule has 1 aliphatic heterocycles. The summed E-state index contributed by atoms with van der Waals surface area (Å²) in [7, 11) is 0. The van der Waals surface area contributed by atoms with Crippen molar-refractivity contribution in [2.24, 2.45) is 0 Å². The number of nitrogens with one attached hydrogen (secondary N) is 1. The summed E-state index contributed by atoms with van der Waals surface area (Å²) in [6, 6.07) is -0.0521. The molecule has 0 aromatic heterocycles. The van der Waals surface area contributed by atoms with Crippen LogP contribution in [0.4, 0.5) is 4.39 Å². The minimum Gasteiger partial charge on any atom is -0.378 e. The molecule has 0 spiro atoms. The Balaban J connectivity index is 2.13. The molecule has 1 heterocycles. The molecule has 0 aromatic carbocycles. The van der Waals surface area contributed by atoms with Crippen LogP contribution in [0.15, 0.2) is 0 Å². The minimum atomic E-state index is -0.319. The summed E-state index contributed by atoms with van der Waals surface area (Å²) in [6.45, 7) is 1.71. The van der Waals surface area contributed by atoms with Gasteiger partial charge in [-0.2, -0.15) is 0 Å². The molecule has 0 saturated carbocycles. The van der Waals surface area contributed by atoms with Gasteiger partial charge in [0.05, 0.1) is 19.3 Å². The predicted octanol–water partition coefficient (Wildman–Crippen LogP) is -0.0557. The number of halogens is 1. The van der Waals surface area contributed by atoms with E-state index < -0.39 is 0 Å². The SMILES string of the molecule is FC[C@H]1COCCN1. The summed E-state index contributed by atoms with van der Waals surface area (Å²) in [6.07, 6.45) is 0. The third-order valence-electron chi connectivity index (χ3n) is 1.18. The highest BCUT2D eigenvalue weighted by Gasteiger charge is 2.10. The van der Waals surface area contributed by atoms with Crippen LogP contribution >= 0.6 is 0 Å². The van der Waals surface area contributed by atoms with Gasteiger partial charge in [-0.3, -0.25) is 0 Å². The van der Waals surface area contributed by atoms with Gasteiger partial charge in [0.15, 0.2) is 0 Å². The van der Waals surface area contributed by atoms with Crippen molar-refractivity contribution in [2.75, 3.05) is 26.4 Å². The van der Waals surface area contributed by atoms with Gasteiger partial charge in [-0.1, -0.05) is 0 Å². The van der Waals surface area contributed by atoms with Gasteiger partial charge in [0.2, 0.25) is 0 Å². The normalized spacial score (nSPS) is 30.4. The van der Waals surface area contributed by atoms with Crippen molar-refractivity contribution in [1.29, 1.82) is 0 Å². The Morgan fingerprint density at radius 1 is 1.75 bits per heavy atom. The van der Waals surface area contributed by atoms with Gasteiger partial charge in [-0.25, -0.2) is 4.39 Å². The molecule has 1 atom stereocenters. The molecule has 48 valence electrons. The van der Waals surface area contributed by atoms with E-state index >= 15 is 0 Å². The van der Waals surface area contributed by atoms with Crippen LogP contribution in [0.1, 0.15) is 0 Å². The van der Waals surface area contributed by atoms with E-state index in [4.69, 9.17) is 4.74 Å². The zero-order valence-corrected chi connectivity index (χ0v) is 4.69. The first kappa shape index (κ1) is 5.98. The zero-order chi connectivity index (χ0) is 5.82. The molecule has 1 saturated heterocycles. The first-order valence-electron chi connectivity index (χ1n) is 2.80. The molecule has 0 radical (unpaired) electrons. The van der Waals surface area contributed by atoms with E-state index in [0.29, 0.717) is 6.61 Å². The summed E-state index contributed by atoms with van der Waals surface area (Å²) in [5.74, 6) is 0. The van der Waals surface area contributed by atoms with Crippen LogP contribution in [-0.4, -0.2) is 32.5 Å². The molecule has 1 fully saturated rings. The maximum Gasteiger partial charge on any atom is 0.107 e. The monoisotopic (exact) mass is 119 g/mol. The van der Waals surface area contributed by atoms with Crippen LogP contribution in [0.2, 0.25) is 0 Å². The van der Waals surface area contributed by atoms with Crippen LogP contribution in [-0.2, 0) is 4.74 Å². The fourth-order valence-electron chi connectivity index (χ4n) is 0.719. The molecule has 1 rings (SSSR count). The van der Waals surface area contributed by atoms with Gasteiger partial charge in [-0.05, 0) is 0 Å². The van der Waals surface area contributed by atoms with Crippen molar-refractivity contribution in [1.82, 2.24) is 5.32 Å². The van der Waals surface area contributed by atoms with E-state index in [2.05, 4.69) is 5.32 Å². The zero-order valence-electron chi connectivity index (χ0n) is 4.69. The molecular formula is C5H10FNO. The Morgan fingerprint density at radius 2 is 2.62 bits per heavy atom. The topological polar surface area (TPSA) is 21.3 Å². The van der Waals surface area contributed by atoms with Gasteiger partial charge in [-0.15, -0.1) is 0 Å². The van der Waals surface area contributed by atoms with Gasteiger partial charge in [0.1, 0.15) is 6.67 Å². The summed E-state index contributed by atoms with van der Waals surface area (Å²) < 4.78 is 16.7. The molecule has 8 heavy (non-hydrogen) atoms. The van der Waals surface area contributed by atoms with E-state index in [0.717, 1.165) is 13.2 Å². The second kappa shape index (κ2) is 2.99. The van der Waals surface area contributed by atoms with Crippen molar-refractivity contribution in [2.45, 2.75) is 6.04 Å². The molecular weight excluding hydrogens is 109 g/mol. The number of ether oxygens (including phenoxy) is 1. The van der Waals surface area contributed by atoms with Gasteiger partial charge in [0, 0.05) is 6.54 Å². The Kier molecular flexibility index (Phi) is 2.24. The van der Waals surface area contributed by atoms with E-state index in [1.807, 2.05) is 0 Å². The Labute approximate surface area is 48.0 Å². The van der Waals surface area contributed by atoms with E-state index in [1.165, 1.54) is 0 Å². The predicted molar refractivity (Wildman–Crippen MR) is 28.6 cm³/mol. The maximum atomic E-state index is 11.7. The molecule has 1 aliphatic rings.